The van der Waals surface area contributed by atoms with E-state index in [1.807, 2.05) is 0 Å². The minimum Gasteiger partial charge on any atom is -0.503 e. The number of carbonyl (C=O) groups excluding carboxylic acids is 2. The Labute approximate surface area is 125 Å². The highest BCUT2D eigenvalue weighted by Gasteiger charge is 2.22. The molecule has 110 valence electrons. The second-order valence-electron chi connectivity index (χ2n) is 4.28. The van der Waals surface area contributed by atoms with E-state index in [4.69, 9.17) is 4.74 Å². The molecule has 0 spiro atoms. The monoisotopic (exact) mass is 344 g/mol. The molecule has 1 unspecified atom stereocenters. The second kappa shape index (κ2) is 7.84. The number of hydrogen-bond acceptors (Lipinski definition) is 5. The zero-order valence-electron chi connectivity index (χ0n) is 11.4. The van der Waals surface area contributed by atoms with Crippen molar-refractivity contribution in [2.75, 3.05) is 7.11 Å². The molecule has 0 aliphatic heterocycles. The first kappa shape index (κ1) is 16.4. The van der Waals surface area contributed by atoms with Gasteiger partial charge in [0.25, 0.3) is 0 Å². The summed E-state index contributed by atoms with van der Waals surface area (Å²) >= 11 is 3.19. The molecule has 1 aromatic heterocycles. The van der Waals surface area contributed by atoms with Gasteiger partial charge in [-0.2, -0.15) is 0 Å². The number of aryl methyl sites for hydroxylation is 1. The van der Waals surface area contributed by atoms with E-state index >= 15 is 0 Å². The van der Waals surface area contributed by atoms with Crippen LogP contribution in [0.15, 0.2) is 10.7 Å². The smallest absolute Gasteiger partial charge is 0.207 e. The van der Waals surface area contributed by atoms with Crippen LogP contribution in [0.3, 0.4) is 0 Å². The van der Waals surface area contributed by atoms with E-state index in [0.29, 0.717) is 28.9 Å². The minimum absolute atomic E-state index is 0.0932. The van der Waals surface area contributed by atoms with Gasteiger partial charge < -0.3 is 15.2 Å². The molecule has 0 radical (unpaired) electrons. The van der Waals surface area contributed by atoms with Gasteiger partial charge in [0.2, 0.25) is 6.41 Å². The van der Waals surface area contributed by atoms with Crippen LogP contribution in [-0.2, 0) is 9.59 Å². The van der Waals surface area contributed by atoms with Crippen molar-refractivity contribution in [2.45, 2.75) is 32.2 Å². The van der Waals surface area contributed by atoms with Gasteiger partial charge >= 0.3 is 0 Å². The molecular weight excluding hydrogens is 328 g/mol. The maximum Gasteiger partial charge on any atom is 0.207 e. The standard InChI is InChI=1S/C7H8BrNO2.C6H9NO2/c1-4-7(10)5(11-2)3-6(8)9-4;8-4-7-5-2-1-3-6(5)9/h3,10H,1-2H3;4-5H,1-3H2,(H,7,8). The van der Waals surface area contributed by atoms with Crippen LogP contribution in [0, 0.1) is 6.92 Å². The molecule has 0 aromatic carbocycles. The van der Waals surface area contributed by atoms with Gasteiger partial charge in [0.05, 0.1) is 18.8 Å². The quantitative estimate of drug-likeness (QED) is 0.643. The van der Waals surface area contributed by atoms with Crippen LogP contribution in [0.5, 0.6) is 11.5 Å². The Kier molecular flexibility index (Phi) is 6.44. The number of aromatic nitrogens is 1. The zero-order valence-corrected chi connectivity index (χ0v) is 12.9. The van der Waals surface area contributed by atoms with E-state index in [-0.39, 0.29) is 17.6 Å². The summed E-state index contributed by atoms with van der Waals surface area (Å²) in [6, 6.07) is 1.44. The van der Waals surface area contributed by atoms with Gasteiger partial charge in [0.15, 0.2) is 17.3 Å². The first-order valence-electron chi connectivity index (χ1n) is 6.12. The highest BCUT2D eigenvalue weighted by Crippen LogP contribution is 2.30. The summed E-state index contributed by atoms with van der Waals surface area (Å²) in [5.41, 5.74) is 0.552. The summed E-state index contributed by atoms with van der Waals surface area (Å²) < 4.78 is 5.54. The van der Waals surface area contributed by atoms with Crippen LogP contribution in [-0.4, -0.2) is 35.4 Å². The van der Waals surface area contributed by atoms with E-state index in [1.54, 1.807) is 13.0 Å². The lowest BCUT2D eigenvalue weighted by Gasteiger charge is -2.04. The molecule has 1 amide bonds. The average Bonchev–Trinajstić information content (AvgIpc) is 2.81. The van der Waals surface area contributed by atoms with Crippen LogP contribution in [0.1, 0.15) is 25.0 Å². The number of methoxy groups -OCH3 is 1. The van der Waals surface area contributed by atoms with Crippen molar-refractivity contribution >= 4 is 28.1 Å². The molecule has 1 heterocycles. The van der Waals surface area contributed by atoms with Gasteiger partial charge in [-0.3, -0.25) is 9.59 Å². The SMILES string of the molecule is COc1cc(Br)nc(C)c1O.O=CNC1CCCC1=O. The van der Waals surface area contributed by atoms with Crippen molar-refractivity contribution in [1.29, 1.82) is 0 Å². The predicted molar refractivity (Wildman–Crippen MR) is 76.7 cm³/mol. The van der Waals surface area contributed by atoms with Crippen LogP contribution >= 0.6 is 15.9 Å². The second-order valence-corrected chi connectivity index (χ2v) is 5.09. The zero-order chi connectivity index (χ0) is 15.1. The van der Waals surface area contributed by atoms with Crippen molar-refractivity contribution in [3.05, 3.63) is 16.4 Å². The van der Waals surface area contributed by atoms with Crippen LogP contribution in [0.4, 0.5) is 0 Å². The molecular formula is C13H17BrN2O4. The van der Waals surface area contributed by atoms with Crippen molar-refractivity contribution in [2.24, 2.45) is 0 Å². The molecule has 2 N–H and O–H groups in total. The third-order valence-electron chi connectivity index (χ3n) is 2.89. The Hall–Kier alpha value is -1.63. The van der Waals surface area contributed by atoms with Crippen molar-refractivity contribution in [3.8, 4) is 11.5 Å². The molecule has 1 saturated carbocycles. The summed E-state index contributed by atoms with van der Waals surface area (Å²) in [6.07, 6.45) is 2.96. The van der Waals surface area contributed by atoms with Crippen LogP contribution in [0.25, 0.3) is 0 Å². The van der Waals surface area contributed by atoms with Crippen molar-refractivity contribution < 1.29 is 19.4 Å². The van der Waals surface area contributed by atoms with E-state index < -0.39 is 0 Å². The molecule has 7 heteroatoms. The number of Topliss-reactive ketones (excluding diaryl/α,β-unsaturated/α-hetero) is 1. The van der Waals surface area contributed by atoms with Crippen molar-refractivity contribution in [3.63, 3.8) is 0 Å². The maximum atomic E-state index is 10.7. The summed E-state index contributed by atoms with van der Waals surface area (Å²) in [5.74, 6) is 0.696. The lowest BCUT2D eigenvalue weighted by atomic mass is 10.2. The number of carbonyl (C=O) groups is 2. The highest BCUT2D eigenvalue weighted by molar-refractivity contribution is 9.10. The average molecular weight is 345 g/mol. The number of nitrogens with zero attached hydrogens (tertiary/aromatic N) is 1. The Morgan fingerprint density at radius 2 is 2.30 bits per heavy atom. The summed E-state index contributed by atoms with van der Waals surface area (Å²) in [4.78, 5) is 24.6. The number of amides is 1. The van der Waals surface area contributed by atoms with E-state index in [1.165, 1.54) is 7.11 Å². The fourth-order valence-electron chi connectivity index (χ4n) is 1.83. The first-order valence-corrected chi connectivity index (χ1v) is 6.91. The summed E-state index contributed by atoms with van der Waals surface area (Å²) in [6.45, 7) is 1.71. The normalized spacial score (nSPS) is 17.1. The Bertz CT molecular complexity index is 494. The fraction of sp³-hybridized carbons (Fsp3) is 0.462. The fourth-order valence-corrected chi connectivity index (χ4v) is 2.30. The Balaban J connectivity index is 0.000000204. The first-order chi connectivity index (χ1) is 9.49. The number of ether oxygens (including phenoxy) is 1. The molecule has 20 heavy (non-hydrogen) atoms. The van der Waals surface area contributed by atoms with Gasteiger partial charge in [0, 0.05) is 12.5 Å². The van der Waals surface area contributed by atoms with Crippen molar-refractivity contribution in [1.82, 2.24) is 10.3 Å². The maximum absolute atomic E-state index is 10.7. The van der Waals surface area contributed by atoms with Gasteiger partial charge in [-0.15, -0.1) is 0 Å². The van der Waals surface area contributed by atoms with E-state index in [0.717, 1.165) is 12.8 Å². The van der Waals surface area contributed by atoms with E-state index in [9.17, 15) is 14.7 Å². The molecule has 1 atom stereocenters. The van der Waals surface area contributed by atoms with E-state index in [2.05, 4.69) is 26.2 Å². The van der Waals surface area contributed by atoms with Crippen LogP contribution < -0.4 is 10.1 Å². The van der Waals surface area contributed by atoms with Gasteiger partial charge in [-0.05, 0) is 35.7 Å². The lowest BCUT2D eigenvalue weighted by molar-refractivity contribution is -0.121. The number of halogens is 1. The van der Waals surface area contributed by atoms with Gasteiger partial charge in [-0.1, -0.05) is 0 Å². The number of pyridine rings is 1. The molecule has 0 saturated heterocycles. The van der Waals surface area contributed by atoms with Crippen LogP contribution in [0.2, 0.25) is 0 Å². The molecule has 6 nitrogen and oxygen atoms in total. The van der Waals surface area contributed by atoms with Gasteiger partial charge in [0.1, 0.15) is 4.60 Å². The molecule has 0 bridgehead atoms. The summed E-state index contributed by atoms with van der Waals surface area (Å²) in [7, 11) is 1.50. The molecule has 1 fully saturated rings. The number of aromatic hydroxyl groups is 1. The molecule has 1 aromatic rings. The lowest BCUT2D eigenvalue weighted by Crippen LogP contribution is -2.30. The number of ketones is 1. The summed E-state index contributed by atoms with van der Waals surface area (Å²) in [5, 5.41) is 11.8. The molecule has 1 aliphatic rings. The number of nitrogens with one attached hydrogen (secondary N) is 1. The third-order valence-corrected chi connectivity index (χ3v) is 3.30. The predicted octanol–water partition coefficient (Wildman–Crippen LogP) is 1.72. The minimum atomic E-state index is -0.178. The third kappa shape index (κ3) is 4.48. The number of rotatable bonds is 3. The Morgan fingerprint density at radius 1 is 1.60 bits per heavy atom. The highest BCUT2D eigenvalue weighted by atomic mass is 79.9. The molecule has 1 aliphatic carbocycles. The largest absolute Gasteiger partial charge is 0.503 e. The van der Waals surface area contributed by atoms with Gasteiger partial charge in [-0.25, -0.2) is 4.98 Å². The topological polar surface area (TPSA) is 88.5 Å². The number of hydrogen-bond donors (Lipinski definition) is 2. The Morgan fingerprint density at radius 3 is 2.80 bits per heavy atom. The molecule has 2 rings (SSSR count).